The van der Waals surface area contributed by atoms with E-state index in [0.717, 1.165) is 41.4 Å². The lowest BCUT2D eigenvalue weighted by atomic mass is 9.98. The number of fused-ring (bicyclic) bond motifs is 4. The first kappa shape index (κ1) is 14.8. The SMILES string of the molecule is O=C(CCc1ccccc1Br)N1[C@H]2CC[C@H]1c1cncnc1C2. The smallest absolute Gasteiger partial charge is 0.223 e. The Morgan fingerprint density at radius 2 is 2.17 bits per heavy atom. The predicted octanol–water partition coefficient (Wildman–Crippen LogP) is 3.46. The Morgan fingerprint density at radius 3 is 3.04 bits per heavy atom. The molecular formula is C18H18BrN3O. The van der Waals surface area contributed by atoms with Crippen LogP contribution in [0.3, 0.4) is 0 Å². The molecule has 1 saturated heterocycles. The summed E-state index contributed by atoms with van der Waals surface area (Å²) in [6, 6.07) is 8.61. The lowest BCUT2D eigenvalue weighted by Crippen LogP contribution is -2.42. The first-order valence-electron chi connectivity index (χ1n) is 8.07. The average Bonchev–Trinajstić information content (AvgIpc) is 2.89. The molecule has 0 unspecified atom stereocenters. The Morgan fingerprint density at radius 1 is 1.30 bits per heavy atom. The number of rotatable bonds is 3. The highest BCUT2D eigenvalue weighted by atomic mass is 79.9. The molecule has 118 valence electrons. The molecule has 5 heteroatoms. The fourth-order valence-electron chi connectivity index (χ4n) is 3.88. The fourth-order valence-corrected chi connectivity index (χ4v) is 4.36. The number of carbonyl (C=O) groups is 1. The van der Waals surface area contributed by atoms with Gasteiger partial charge in [-0.1, -0.05) is 34.1 Å². The van der Waals surface area contributed by atoms with E-state index in [1.165, 1.54) is 5.56 Å². The number of halogens is 1. The third-order valence-electron chi connectivity index (χ3n) is 4.97. The summed E-state index contributed by atoms with van der Waals surface area (Å²) < 4.78 is 1.08. The summed E-state index contributed by atoms with van der Waals surface area (Å²) in [7, 11) is 0. The van der Waals surface area contributed by atoms with Crippen molar-refractivity contribution in [1.82, 2.24) is 14.9 Å². The summed E-state index contributed by atoms with van der Waals surface area (Å²) in [6.45, 7) is 0. The third kappa shape index (κ3) is 2.67. The zero-order chi connectivity index (χ0) is 15.8. The lowest BCUT2D eigenvalue weighted by molar-refractivity contribution is -0.134. The van der Waals surface area contributed by atoms with Crippen LogP contribution in [0.25, 0.3) is 0 Å². The molecule has 2 aromatic rings. The largest absolute Gasteiger partial charge is 0.332 e. The van der Waals surface area contributed by atoms with E-state index in [2.05, 4.69) is 36.9 Å². The predicted molar refractivity (Wildman–Crippen MR) is 90.8 cm³/mol. The highest BCUT2D eigenvalue weighted by Crippen LogP contribution is 2.43. The van der Waals surface area contributed by atoms with Crippen molar-refractivity contribution >= 4 is 21.8 Å². The van der Waals surface area contributed by atoms with Crippen LogP contribution in [-0.4, -0.2) is 26.8 Å². The van der Waals surface area contributed by atoms with Crippen LogP contribution in [0.2, 0.25) is 0 Å². The monoisotopic (exact) mass is 371 g/mol. The van der Waals surface area contributed by atoms with E-state index >= 15 is 0 Å². The number of benzene rings is 1. The number of aryl methyl sites for hydroxylation is 1. The van der Waals surface area contributed by atoms with E-state index in [0.29, 0.717) is 12.5 Å². The van der Waals surface area contributed by atoms with Crippen molar-refractivity contribution in [2.45, 2.75) is 44.2 Å². The molecule has 4 rings (SSSR count). The minimum Gasteiger partial charge on any atom is -0.332 e. The molecule has 2 atom stereocenters. The van der Waals surface area contributed by atoms with Gasteiger partial charge in [-0.15, -0.1) is 0 Å². The van der Waals surface area contributed by atoms with Crippen LogP contribution in [0.1, 0.15) is 42.1 Å². The topological polar surface area (TPSA) is 46.1 Å². The number of hydrogen-bond acceptors (Lipinski definition) is 3. The van der Waals surface area contributed by atoms with Gasteiger partial charge in [-0.05, 0) is 30.9 Å². The van der Waals surface area contributed by atoms with Gasteiger partial charge in [0.25, 0.3) is 0 Å². The van der Waals surface area contributed by atoms with Crippen LogP contribution >= 0.6 is 15.9 Å². The van der Waals surface area contributed by atoms with Gasteiger partial charge in [0.05, 0.1) is 11.7 Å². The van der Waals surface area contributed by atoms with E-state index < -0.39 is 0 Å². The van der Waals surface area contributed by atoms with E-state index in [-0.39, 0.29) is 11.9 Å². The molecule has 1 amide bonds. The van der Waals surface area contributed by atoms with Crippen molar-refractivity contribution in [3.05, 3.63) is 58.1 Å². The molecule has 0 N–H and O–H groups in total. The molecule has 0 saturated carbocycles. The second kappa shape index (κ2) is 6.04. The Kier molecular flexibility index (Phi) is 3.89. The maximum absolute atomic E-state index is 12.8. The minimum atomic E-state index is 0.177. The van der Waals surface area contributed by atoms with Gasteiger partial charge in [-0.2, -0.15) is 0 Å². The average molecular weight is 372 g/mol. The van der Waals surface area contributed by atoms with E-state index in [1.54, 1.807) is 6.33 Å². The van der Waals surface area contributed by atoms with E-state index in [9.17, 15) is 4.79 Å². The van der Waals surface area contributed by atoms with Gasteiger partial charge in [0.15, 0.2) is 0 Å². The van der Waals surface area contributed by atoms with Gasteiger partial charge >= 0.3 is 0 Å². The van der Waals surface area contributed by atoms with Crippen molar-refractivity contribution in [1.29, 1.82) is 0 Å². The number of carbonyl (C=O) groups excluding carboxylic acids is 1. The second-order valence-electron chi connectivity index (χ2n) is 6.27. The molecule has 1 aromatic carbocycles. The fraction of sp³-hybridized carbons (Fsp3) is 0.389. The van der Waals surface area contributed by atoms with E-state index in [4.69, 9.17) is 0 Å². The van der Waals surface area contributed by atoms with Crippen LogP contribution in [0, 0.1) is 0 Å². The van der Waals surface area contributed by atoms with Gasteiger partial charge in [-0.3, -0.25) is 4.79 Å². The molecule has 0 radical (unpaired) electrons. The molecule has 4 nitrogen and oxygen atoms in total. The van der Waals surface area contributed by atoms with Crippen LogP contribution < -0.4 is 0 Å². The van der Waals surface area contributed by atoms with Crippen molar-refractivity contribution in [2.75, 3.05) is 0 Å². The Bertz CT molecular complexity index is 749. The minimum absolute atomic E-state index is 0.177. The number of aromatic nitrogens is 2. The van der Waals surface area contributed by atoms with Gasteiger partial charge in [-0.25, -0.2) is 9.97 Å². The van der Waals surface area contributed by atoms with Crippen molar-refractivity contribution in [3.63, 3.8) is 0 Å². The number of amides is 1. The maximum atomic E-state index is 12.8. The van der Waals surface area contributed by atoms with Crippen molar-refractivity contribution < 1.29 is 4.79 Å². The van der Waals surface area contributed by atoms with Crippen LogP contribution in [0.4, 0.5) is 0 Å². The summed E-state index contributed by atoms with van der Waals surface area (Å²) in [5.41, 5.74) is 3.46. The summed E-state index contributed by atoms with van der Waals surface area (Å²) >= 11 is 3.56. The zero-order valence-corrected chi connectivity index (χ0v) is 14.4. The van der Waals surface area contributed by atoms with E-state index in [1.807, 2.05) is 24.4 Å². The molecule has 2 aliphatic rings. The lowest BCUT2D eigenvalue weighted by Gasteiger charge is -2.35. The van der Waals surface area contributed by atoms with Gasteiger partial charge in [0, 0.05) is 35.1 Å². The number of hydrogen-bond donors (Lipinski definition) is 0. The molecule has 23 heavy (non-hydrogen) atoms. The Hall–Kier alpha value is -1.75. The van der Waals surface area contributed by atoms with Crippen LogP contribution in [0.15, 0.2) is 41.3 Å². The summed E-state index contributed by atoms with van der Waals surface area (Å²) in [4.78, 5) is 23.5. The molecule has 2 bridgehead atoms. The standard InChI is InChI=1S/C18H18BrN3O/c19-15-4-2-1-3-12(15)5-8-18(23)22-13-6-7-17(22)14-10-20-11-21-16(14)9-13/h1-4,10-11,13,17H,5-9H2/t13-,17-/m0/s1. The zero-order valence-electron chi connectivity index (χ0n) is 12.8. The highest BCUT2D eigenvalue weighted by molar-refractivity contribution is 9.10. The van der Waals surface area contributed by atoms with Crippen molar-refractivity contribution in [2.24, 2.45) is 0 Å². The summed E-state index contributed by atoms with van der Waals surface area (Å²) in [6.07, 6.45) is 7.81. The molecule has 0 aliphatic carbocycles. The molecule has 3 heterocycles. The normalized spacial score (nSPS) is 22.0. The first-order chi connectivity index (χ1) is 11.2. The molecule has 1 fully saturated rings. The van der Waals surface area contributed by atoms with Gasteiger partial charge in [0.2, 0.25) is 5.91 Å². The van der Waals surface area contributed by atoms with Gasteiger partial charge < -0.3 is 4.90 Å². The first-order valence-corrected chi connectivity index (χ1v) is 8.86. The van der Waals surface area contributed by atoms with Gasteiger partial charge in [0.1, 0.15) is 6.33 Å². The molecule has 1 aromatic heterocycles. The van der Waals surface area contributed by atoms with Crippen molar-refractivity contribution in [3.8, 4) is 0 Å². The second-order valence-corrected chi connectivity index (χ2v) is 7.12. The quantitative estimate of drug-likeness (QED) is 0.829. The Balaban J connectivity index is 1.51. The molecule has 2 aliphatic heterocycles. The summed E-state index contributed by atoms with van der Waals surface area (Å²) in [5, 5.41) is 0. The Labute approximate surface area is 144 Å². The molecular weight excluding hydrogens is 354 g/mol. The van der Waals surface area contributed by atoms with Crippen LogP contribution in [0.5, 0.6) is 0 Å². The summed E-state index contributed by atoms with van der Waals surface area (Å²) in [5.74, 6) is 0.253. The number of nitrogens with zero attached hydrogens (tertiary/aromatic N) is 3. The van der Waals surface area contributed by atoms with Crippen LogP contribution in [-0.2, 0) is 17.6 Å². The maximum Gasteiger partial charge on any atom is 0.223 e. The third-order valence-corrected chi connectivity index (χ3v) is 5.75. The highest BCUT2D eigenvalue weighted by Gasteiger charge is 2.42. The molecule has 0 spiro atoms.